The molecule has 0 amide bonds. The first-order chi connectivity index (χ1) is 16.6. The Kier molecular flexibility index (Phi) is 5.41. The third-order valence-corrected chi connectivity index (χ3v) is 6.64. The molecule has 2 aromatic heterocycles. The number of phenolic OH excluding ortho intramolecular Hbond substituents is 1. The summed E-state index contributed by atoms with van der Waals surface area (Å²) in [5.74, 6) is -2.36. The second-order valence-corrected chi connectivity index (χ2v) is 8.86. The van der Waals surface area contributed by atoms with E-state index in [4.69, 9.17) is 0 Å². The van der Waals surface area contributed by atoms with E-state index in [-0.39, 0.29) is 16.8 Å². The molecule has 5 rings (SSSR count). The molecule has 0 saturated heterocycles. The summed E-state index contributed by atoms with van der Waals surface area (Å²) >= 11 is 0. The Morgan fingerprint density at radius 1 is 1.09 bits per heavy atom. The maximum absolute atomic E-state index is 14.2. The largest absolute Gasteiger partial charge is 0.505 e. The summed E-state index contributed by atoms with van der Waals surface area (Å²) in [6.07, 6.45) is 0.979. The van der Waals surface area contributed by atoms with E-state index >= 15 is 0 Å². The third-order valence-electron chi connectivity index (χ3n) is 6.64. The van der Waals surface area contributed by atoms with Crippen LogP contribution in [0.5, 0.6) is 5.75 Å². The van der Waals surface area contributed by atoms with E-state index in [1.54, 1.807) is 7.05 Å². The number of aryl methyl sites for hydroxylation is 3. The van der Waals surface area contributed by atoms with Crippen LogP contribution in [0, 0.1) is 12.7 Å². The number of phenols is 1. The molecule has 0 bridgehead atoms. The normalized spacial score (nSPS) is 13.8. The fraction of sp³-hybridized carbons (Fsp3) is 0.320. The summed E-state index contributed by atoms with van der Waals surface area (Å²) in [6.45, 7) is 1.34. The number of hydrogen-bond acceptors (Lipinski definition) is 5. The topological polar surface area (TPSA) is 67.1 Å². The SMILES string of the molecule is Cc1c(-c2nn(C)c3nc(N(C)c4ccc5c(c4)CCCC5)ncc23)cc(C(F)(F)F)c(F)c1O. The lowest BCUT2D eigenvalue weighted by Crippen LogP contribution is -2.14. The van der Waals surface area contributed by atoms with Crippen LogP contribution in [0.25, 0.3) is 22.3 Å². The van der Waals surface area contributed by atoms with Gasteiger partial charge in [-0.1, -0.05) is 6.07 Å². The van der Waals surface area contributed by atoms with Crippen LogP contribution in [0.1, 0.15) is 35.1 Å². The fourth-order valence-corrected chi connectivity index (χ4v) is 4.62. The van der Waals surface area contributed by atoms with Crippen LogP contribution in [-0.2, 0) is 26.1 Å². The number of aromatic nitrogens is 4. The van der Waals surface area contributed by atoms with Crippen molar-refractivity contribution in [3.8, 4) is 17.0 Å². The minimum Gasteiger partial charge on any atom is -0.505 e. The molecule has 0 unspecified atom stereocenters. The molecule has 2 aromatic carbocycles. The van der Waals surface area contributed by atoms with E-state index in [0.29, 0.717) is 23.0 Å². The molecule has 10 heteroatoms. The quantitative estimate of drug-likeness (QED) is 0.369. The van der Waals surface area contributed by atoms with Crippen LogP contribution < -0.4 is 4.90 Å². The van der Waals surface area contributed by atoms with Crippen molar-refractivity contribution in [1.82, 2.24) is 19.7 Å². The van der Waals surface area contributed by atoms with Crippen LogP contribution >= 0.6 is 0 Å². The Hall–Kier alpha value is -3.69. The summed E-state index contributed by atoms with van der Waals surface area (Å²) in [5, 5.41) is 14.8. The Balaban J connectivity index is 1.59. The second kappa shape index (κ2) is 8.21. The minimum atomic E-state index is -4.98. The first-order valence-electron chi connectivity index (χ1n) is 11.2. The average Bonchev–Trinajstić information content (AvgIpc) is 3.16. The van der Waals surface area contributed by atoms with Crippen molar-refractivity contribution in [2.24, 2.45) is 7.05 Å². The van der Waals surface area contributed by atoms with Crippen molar-refractivity contribution in [2.75, 3.05) is 11.9 Å². The van der Waals surface area contributed by atoms with Crippen LogP contribution in [0.2, 0.25) is 0 Å². The lowest BCUT2D eigenvalue weighted by Gasteiger charge is -2.21. The molecule has 1 aliphatic rings. The molecule has 6 nitrogen and oxygen atoms in total. The van der Waals surface area contributed by atoms with E-state index in [1.165, 1.54) is 35.4 Å². The van der Waals surface area contributed by atoms with Crippen molar-refractivity contribution in [2.45, 2.75) is 38.8 Å². The van der Waals surface area contributed by atoms with E-state index in [0.717, 1.165) is 24.9 Å². The zero-order valence-corrected chi connectivity index (χ0v) is 19.4. The lowest BCUT2D eigenvalue weighted by atomic mass is 9.91. The number of hydrogen-bond donors (Lipinski definition) is 1. The predicted octanol–water partition coefficient (Wildman–Crippen LogP) is 5.85. The van der Waals surface area contributed by atoms with Crippen molar-refractivity contribution in [1.29, 1.82) is 0 Å². The van der Waals surface area contributed by atoms with Crippen molar-refractivity contribution >= 4 is 22.7 Å². The van der Waals surface area contributed by atoms with Gasteiger partial charge in [0.2, 0.25) is 5.95 Å². The first kappa shape index (κ1) is 23.1. The predicted molar refractivity (Wildman–Crippen MR) is 124 cm³/mol. The number of rotatable bonds is 3. The van der Waals surface area contributed by atoms with Crippen LogP contribution in [-0.4, -0.2) is 31.9 Å². The number of fused-ring (bicyclic) bond motifs is 2. The highest BCUT2D eigenvalue weighted by atomic mass is 19.4. The van der Waals surface area contributed by atoms with Gasteiger partial charge in [-0.2, -0.15) is 23.3 Å². The highest BCUT2D eigenvalue weighted by Gasteiger charge is 2.37. The summed E-state index contributed by atoms with van der Waals surface area (Å²) < 4.78 is 55.7. The van der Waals surface area contributed by atoms with Gasteiger partial charge < -0.3 is 10.0 Å². The lowest BCUT2D eigenvalue weighted by molar-refractivity contribution is -0.140. The second-order valence-electron chi connectivity index (χ2n) is 8.86. The van der Waals surface area contributed by atoms with Gasteiger partial charge >= 0.3 is 6.18 Å². The third kappa shape index (κ3) is 3.86. The Bertz CT molecular complexity index is 1460. The van der Waals surface area contributed by atoms with E-state index < -0.39 is 23.3 Å². The van der Waals surface area contributed by atoms with Crippen molar-refractivity contribution in [3.63, 3.8) is 0 Å². The number of halogens is 4. The molecule has 1 aliphatic carbocycles. The van der Waals surface area contributed by atoms with Crippen LogP contribution in [0.3, 0.4) is 0 Å². The van der Waals surface area contributed by atoms with Crippen molar-refractivity contribution in [3.05, 3.63) is 58.5 Å². The molecule has 0 spiro atoms. The van der Waals surface area contributed by atoms with Gasteiger partial charge in [0.25, 0.3) is 0 Å². The van der Waals surface area contributed by atoms with E-state index in [1.807, 2.05) is 18.0 Å². The zero-order valence-electron chi connectivity index (χ0n) is 19.4. The minimum absolute atomic E-state index is 0.0405. The summed E-state index contributed by atoms with van der Waals surface area (Å²) in [7, 11) is 3.46. The highest BCUT2D eigenvalue weighted by Crippen LogP contribution is 2.42. The number of benzene rings is 2. The van der Waals surface area contributed by atoms with Gasteiger partial charge in [0.15, 0.2) is 17.2 Å². The van der Waals surface area contributed by atoms with Gasteiger partial charge in [-0.3, -0.25) is 0 Å². The fourth-order valence-electron chi connectivity index (χ4n) is 4.62. The first-order valence-corrected chi connectivity index (χ1v) is 11.2. The van der Waals surface area contributed by atoms with Gasteiger partial charge in [0, 0.05) is 37.1 Å². The smallest absolute Gasteiger partial charge is 0.419 e. The number of nitrogens with zero attached hydrogens (tertiary/aromatic N) is 5. The monoisotopic (exact) mass is 485 g/mol. The van der Waals surface area contributed by atoms with Gasteiger partial charge in [-0.15, -0.1) is 0 Å². The molecule has 35 heavy (non-hydrogen) atoms. The molecule has 0 aliphatic heterocycles. The van der Waals surface area contributed by atoms with Crippen LogP contribution in [0.4, 0.5) is 29.2 Å². The summed E-state index contributed by atoms with van der Waals surface area (Å²) in [5.41, 5.74) is 2.48. The van der Waals surface area contributed by atoms with Gasteiger partial charge in [0.1, 0.15) is 5.69 Å². The summed E-state index contributed by atoms with van der Waals surface area (Å²) in [4.78, 5) is 10.9. The van der Waals surface area contributed by atoms with Gasteiger partial charge in [0.05, 0.1) is 10.9 Å². The highest BCUT2D eigenvalue weighted by molar-refractivity contribution is 5.92. The number of alkyl halides is 3. The molecule has 0 saturated carbocycles. The molecule has 0 radical (unpaired) electrons. The molecular weight excluding hydrogens is 462 g/mol. The number of anilines is 2. The average molecular weight is 485 g/mol. The zero-order chi connectivity index (χ0) is 25.1. The molecule has 0 fully saturated rings. The van der Waals surface area contributed by atoms with Crippen LogP contribution in [0.15, 0.2) is 30.5 Å². The molecular formula is C25H23F4N5O. The number of aromatic hydroxyl groups is 1. The maximum atomic E-state index is 14.2. The van der Waals surface area contributed by atoms with Gasteiger partial charge in [-0.25, -0.2) is 14.1 Å². The Morgan fingerprint density at radius 2 is 1.80 bits per heavy atom. The molecule has 2 heterocycles. The molecule has 1 N–H and O–H groups in total. The van der Waals surface area contributed by atoms with Gasteiger partial charge in [-0.05, 0) is 61.9 Å². The maximum Gasteiger partial charge on any atom is 0.419 e. The molecule has 4 aromatic rings. The molecule has 0 atom stereocenters. The van der Waals surface area contributed by atoms with E-state index in [2.05, 4.69) is 27.2 Å². The standard InChI is InChI=1S/C25H23F4N5O/c1-13-17(11-19(25(27,28)29)20(26)22(13)35)21-18-12-30-24(31-23(18)34(3)32-21)33(2)16-9-8-14-6-4-5-7-15(14)10-16/h8-12,35H,4-7H2,1-3H3. The Labute approximate surface area is 198 Å². The Morgan fingerprint density at radius 3 is 2.51 bits per heavy atom. The van der Waals surface area contributed by atoms with E-state index in [9.17, 15) is 22.7 Å². The summed E-state index contributed by atoms with van der Waals surface area (Å²) in [6, 6.07) is 6.96. The van der Waals surface area contributed by atoms with Crippen molar-refractivity contribution < 1.29 is 22.7 Å². The molecule has 182 valence electrons.